The van der Waals surface area contributed by atoms with Gasteiger partial charge in [-0.1, -0.05) is 12.8 Å². The van der Waals surface area contributed by atoms with Crippen molar-refractivity contribution in [3.05, 3.63) is 23.6 Å². The minimum absolute atomic E-state index is 0.0389. The van der Waals surface area contributed by atoms with E-state index in [0.717, 1.165) is 31.7 Å². The molecule has 0 saturated carbocycles. The van der Waals surface area contributed by atoms with Gasteiger partial charge in [-0.25, -0.2) is 9.78 Å². The van der Waals surface area contributed by atoms with E-state index in [0.29, 0.717) is 13.0 Å². The summed E-state index contributed by atoms with van der Waals surface area (Å²) in [6.45, 7) is 0.495. The van der Waals surface area contributed by atoms with Gasteiger partial charge in [-0.3, -0.25) is 4.79 Å². The molecule has 21 heavy (non-hydrogen) atoms. The summed E-state index contributed by atoms with van der Waals surface area (Å²) in [5.74, 6) is -2.05. The third-order valence-electron chi connectivity index (χ3n) is 2.92. The van der Waals surface area contributed by atoms with Gasteiger partial charge in [0.2, 0.25) is 5.95 Å². The molecule has 0 aliphatic heterocycles. The van der Waals surface area contributed by atoms with Gasteiger partial charge in [0.25, 0.3) is 0 Å². The summed E-state index contributed by atoms with van der Waals surface area (Å²) in [4.78, 5) is 25.4. The number of rotatable bonds is 9. The second kappa shape index (κ2) is 8.89. The Labute approximate surface area is 122 Å². The van der Waals surface area contributed by atoms with Crippen molar-refractivity contribution in [1.29, 1.82) is 0 Å². The minimum Gasteiger partial charge on any atom is -0.478 e. The summed E-state index contributed by atoms with van der Waals surface area (Å²) >= 11 is 0. The Hall–Kier alpha value is -2.18. The van der Waals surface area contributed by atoms with Gasteiger partial charge in [0.1, 0.15) is 11.4 Å². The quantitative estimate of drug-likeness (QED) is 0.413. The zero-order valence-electron chi connectivity index (χ0n) is 11.9. The molecule has 0 bridgehead atoms. The van der Waals surface area contributed by atoms with Crippen LogP contribution < -0.4 is 5.32 Å². The molecule has 0 amide bonds. The first-order valence-electron chi connectivity index (χ1n) is 6.75. The van der Waals surface area contributed by atoms with Crippen molar-refractivity contribution in [2.75, 3.05) is 19.0 Å². The van der Waals surface area contributed by atoms with Crippen molar-refractivity contribution in [3.63, 3.8) is 0 Å². The van der Waals surface area contributed by atoms with Gasteiger partial charge in [0.05, 0.1) is 7.11 Å². The van der Waals surface area contributed by atoms with Gasteiger partial charge in [-0.05, 0) is 25.0 Å². The number of aromatic carboxylic acids is 1. The molecule has 1 aromatic heterocycles. The summed E-state index contributed by atoms with van der Waals surface area (Å²) in [5.41, 5.74) is -0.0536. The predicted octanol–water partition coefficient (Wildman–Crippen LogP) is 2.45. The van der Waals surface area contributed by atoms with Crippen molar-refractivity contribution in [2.24, 2.45) is 0 Å². The normalized spacial score (nSPS) is 10.2. The molecule has 0 atom stereocenters. The summed E-state index contributed by atoms with van der Waals surface area (Å²) in [7, 11) is 1.36. The van der Waals surface area contributed by atoms with Crippen LogP contribution in [0.2, 0.25) is 0 Å². The van der Waals surface area contributed by atoms with Gasteiger partial charge >= 0.3 is 11.9 Å². The first-order valence-corrected chi connectivity index (χ1v) is 6.75. The van der Waals surface area contributed by atoms with E-state index in [9.17, 15) is 14.0 Å². The molecule has 0 aliphatic rings. The highest BCUT2D eigenvalue weighted by atomic mass is 19.1. The highest BCUT2D eigenvalue weighted by Crippen LogP contribution is 2.13. The first-order chi connectivity index (χ1) is 10.0. The van der Waals surface area contributed by atoms with Gasteiger partial charge < -0.3 is 15.2 Å². The van der Waals surface area contributed by atoms with Crippen molar-refractivity contribution >= 4 is 17.8 Å². The molecule has 0 aliphatic carbocycles. The standard InChI is InChI=1S/C14H19FN2O4/c1-21-12(18)6-4-2-3-5-9-16-13-10(14(19)20)7-8-11(15)17-13/h7-8H,2-6,9H2,1H3,(H,16,17)(H,19,20). The zero-order valence-corrected chi connectivity index (χ0v) is 11.9. The number of methoxy groups -OCH3 is 1. The number of carboxylic acid groups (broad SMARTS) is 1. The Bertz CT molecular complexity index is 494. The molecular weight excluding hydrogens is 279 g/mol. The topological polar surface area (TPSA) is 88.5 Å². The maximum absolute atomic E-state index is 13.0. The van der Waals surface area contributed by atoms with Crippen molar-refractivity contribution < 1.29 is 23.8 Å². The second-order valence-electron chi connectivity index (χ2n) is 4.50. The Morgan fingerprint density at radius 2 is 2.00 bits per heavy atom. The number of hydrogen-bond donors (Lipinski definition) is 2. The van der Waals surface area contributed by atoms with Crippen LogP contribution in [-0.2, 0) is 9.53 Å². The van der Waals surface area contributed by atoms with E-state index in [1.54, 1.807) is 0 Å². The summed E-state index contributed by atoms with van der Waals surface area (Å²) in [5, 5.41) is 11.8. The molecule has 0 spiro atoms. The van der Waals surface area contributed by atoms with E-state index in [1.807, 2.05) is 0 Å². The highest BCUT2D eigenvalue weighted by Gasteiger charge is 2.11. The van der Waals surface area contributed by atoms with Crippen molar-refractivity contribution in [3.8, 4) is 0 Å². The summed E-state index contributed by atoms with van der Waals surface area (Å²) in [6.07, 6.45) is 3.68. The molecule has 0 fully saturated rings. The summed E-state index contributed by atoms with van der Waals surface area (Å²) in [6, 6.07) is 2.20. The van der Waals surface area contributed by atoms with Crippen LogP contribution in [0, 0.1) is 5.95 Å². The number of unbranched alkanes of at least 4 members (excludes halogenated alkanes) is 3. The number of halogens is 1. The lowest BCUT2D eigenvalue weighted by molar-refractivity contribution is -0.140. The molecule has 2 N–H and O–H groups in total. The lowest BCUT2D eigenvalue weighted by Crippen LogP contribution is -2.10. The Kier molecular flexibility index (Phi) is 7.14. The average Bonchev–Trinajstić information content (AvgIpc) is 2.45. The van der Waals surface area contributed by atoms with Crippen LogP contribution in [-0.4, -0.2) is 35.7 Å². The molecular formula is C14H19FN2O4. The number of anilines is 1. The van der Waals surface area contributed by atoms with Crippen LogP contribution in [0.4, 0.5) is 10.2 Å². The Morgan fingerprint density at radius 1 is 1.29 bits per heavy atom. The molecule has 0 radical (unpaired) electrons. The fourth-order valence-electron chi connectivity index (χ4n) is 1.80. The van der Waals surface area contributed by atoms with E-state index < -0.39 is 11.9 Å². The maximum atomic E-state index is 13.0. The third kappa shape index (κ3) is 6.20. The maximum Gasteiger partial charge on any atom is 0.339 e. The van der Waals surface area contributed by atoms with Crippen LogP contribution in [0.15, 0.2) is 12.1 Å². The van der Waals surface area contributed by atoms with E-state index in [1.165, 1.54) is 13.2 Å². The number of carboxylic acids is 1. The Balaban J connectivity index is 2.28. The van der Waals surface area contributed by atoms with E-state index >= 15 is 0 Å². The highest BCUT2D eigenvalue weighted by molar-refractivity contribution is 5.92. The molecule has 0 aromatic carbocycles. The van der Waals surface area contributed by atoms with Crippen LogP contribution in [0.3, 0.4) is 0 Å². The van der Waals surface area contributed by atoms with Gasteiger partial charge in [-0.15, -0.1) is 0 Å². The lowest BCUT2D eigenvalue weighted by atomic mass is 10.1. The van der Waals surface area contributed by atoms with Crippen LogP contribution in [0.25, 0.3) is 0 Å². The van der Waals surface area contributed by atoms with Crippen LogP contribution in [0.1, 0.15) is 42.5 Å². The van der Waals surface area contributed by atoms with Crippen LogP contribution >= 0.6 is 0 Å². The van der Waals surface area contributed by atoms with E-state index in [2.05, 4.69) is 15.0 Å². The minimum atomic E-state index is -1.15. The van der Waals surface area contributed by atoms with Gasteiger partial charge in [-0.2, -0.15) is 4.39 Å². The monoisotopic (exact) mass is 298 g/mol. The number of nitrogens with one attached hydrogen (secondary N) is 1. The molecule has 7 heteroatoms. The molecule has 1 rings (SSSR count). The fraction of sp³-hybridized carbons (Fsp3) is 0.500. The number of esters is 1. The molecule has 6 nitrogen and oxygen atoms in total. The fourth-order valence-corrected chi connectivity index (χ4v) is 1.80. The van der Waals surface area contributed by atoms with Gasteiger partial charge in [0.15, 0.2) is 0 Å². The molecule has 0 saturated heterocycles. The molecule has 116 valence electrons. The number of pyridine rings is 1. The lowest BCUT2D eigenvalue weighted by Gasteiger charge is -2.08. The van der Waals surface area contributed by atoms with E-state index in [4.69, 9.17) is 5.11 Å². The van der Waals surface area contributed by atoms with E-state index in [-0.39, 0.29) is 17.4 Å². The largest absolute Gasteiger partial charge is 0.478 e. The number of carbonyl (C=O) groups is 2. The SMILES string of the molecule is COC(=O)CCCCCCNc1nc(F)ccc1C(=O)O. The zero-order chi connectivity index (χ0) is 15.7. The average molecular weight is 298 g/mol. The predicted molar refractivity (Wildman–Crippen MR) is 74.7 cm³/mol. The number of nitrogens with zero attached hydrogens (tertiary/aromatic N) is 1. The number of carbonyl (C=O) groups excluding carboxylic acids is 1. The van der Waals surface area contributed by atoms with Crippen molar-refractivity contribution in [2.45, 2.75) is 32.1 Å². The third-order valence-corrected chi connectivity index (χ3v) is 2.92. The van der Waals surface area contributed by atoms with Gasteiger partial charge in [0, 0.05) is 13.0 Å². The number of hydrogen-bond acceptors (Lipinski definition) is 5. The number of ether oxygens (including phenoxy) is 1. The second-order valence-corrected chi connectivity index (χ2v) is 4.50. The molecule has 1 heterocycles. The first kappa shape index (κ1) is 16.9. The molecule has 1 aromatic rings. The van der Waals surface area contributed by atoms with Crippen molar-refractivity contribution in [1.82, 2.24) is 4.98 Å². The summed E-state index contributed by atoms with van der Waals surface area (Å²) < 4.78 is 17.5. The number of aromatic nitrogens is 1. The Morgan fingerprint density at radius 3 is 2.67 bits per heavy atom. The smallest absolute Gasteiger partial charge is 0.339 e. The van der Waals surface area contributed by atoms with Crippen LogP contribution in [0.5, 0.6) is 0 Å². The molecule has 0 unspecified atom stereocenters.